The molecule has 0 radical (unpaired) electrons. The molecule has 0 aromatic heterocycles. The largest absolute Gasteiger partial charge is 0.480 e. The normalized spacial score (nSPS) is 10.7. The van der Waals surface area contributed by atoms with E-state index in [0.29, 0.717) is 23.0 Å². The number of aliphatic carboxylic acids is 1. The maximum atomic E-state index is 12.2. The molecule has 0 aliphatic carbocycles. The Kier molecular flexibility index (Phi) is 6.99. The van der Waals surface area contributed by atoms with E-state index in [1.165, 1.54) is 4.90 Å². The molecule has 1 amide bonds. The summed E-state index contributed by atoms with van der Waals surface area (Å²) >= 11 is 11.9. The van der Waals surface area contributed by atoms with Gasteiger partial charge in [0.05, 0.1) is 0 Å². The molecule has 116 valence electrons. The fraction of sp³-hybridized carbons (Fsp3) is 0.467. The van der Waals surface area contributed by atoms with Crippen LogP contribution in [0.5, 0.6) is 0 Å². The van der Waals surface area contributed by atoms with E-state index in [1.807, 2.05) is 13.8 Å². The Balaban J connectivity index is 2.66. The third-order valence-electron chi connectivity index (χ3n) is 2.89. The van der Waals surface area contributed by atoms with Crippen molar-refractivity contribution in [2.24, 2.45) is 5.92 Å². The maximum Gasteiger partial charge on any atom is 0.323 e. The summed E-state index contributed by atoms with van der Waals surface area (Å²) in [5.41, 5.74) is 0.828. The number of halogens is 2. The molecular weight excluding hydrogens is 313 g/mol. The number of carboxylic acids is 1. The summed E-state index contributed by atoms with van der Waals surface area (Å²) in [6.45, 7) is 4.04. The molecule has 1 aromatic rings. The lowest BCUT2D eigenvalue weighted by atomic mass is 10.1. The van der Waals surface area contributed by atoms with Crippen molar-refractivity contribution in [2.75, 3.05) is 13.1 Å². The average molecular weight is 332 g/mol. The average Bonchev–Trinajstić information content (AvgIpc) is 2.35. The van der Waals surface area contributed by atoms with Crippen molar-refractivity contribution in [1.29, 1.82) is 0 Å². The van der Waals surface area contributed by atoms with E-state index < -0.39 is 5.97 Å². The van der Waals surface area contributed by atoms with Crippen LogP contribution in [0.2, 0.25) is 10.0 Å². The molecule has 6 heteroatoms. The predicted octanol–water partition coefficient (Wildman–Crippen LogP) is 3.50. The molecule has 4 nitrogen and oxygen atoms in total. The first kappa shape index (κ1) is 17.8. The number of aryl methyl sites for hydroxylation is 1. The van der Waals surface area contributed by atoms with E-state index in [0.717, 1.165) is 5.56 Å². The predicted molar refractivity (Wildman–Crippen MR) is 83.8 cm³/mol. The van der Waals surface area contributed by atoms with E-state index in [2.05, 4.69) is 0 Å². The maximum absolute atomic E-state index is 12.2. The molecule has 0 bridgehead atoms. The summed E-state index contributed by atoms with van der Waals surface area (Å²) < 4.78 is 0. The van der Waals surface area contributed by atoms with E-state index >= 15 is 0 Å². The van der Waals surface area contributed by atoms with Crippen molar-refractivity contribution in [3.05, 3.63) is 33.8 Å². The monoisotopic (exact) mass is 331 g/mol. The summed E-state index contributed by atoms with van der Waals surface area (Å²) in [6.07, 6.45) is 0.685. The first-order chi connectivity index (χ1) is 9.79. The minimum Gasteiger partial charge on any atom is -0.480 e. The van der Waals surface area contributed by atoms with E-state index in [4.69, 9.17) is 28.3 Å². The molecule has 1 N–H and O–H groups in total. The highest BCUT2D eigenvalue weighted by atomic mass is 35.5. The molecule has 0 saturated heterocycles. The highest BCUT2D eigenvalue weighted by Crippen LogP contribution is 2.22. The molecular formula is C15H19Cl2NO3. The van der Waals surface area contributed by atoms with Crippen LogP contribution in [-0.4, -0.2) is 35.0 Å². The summed E-state index contributed by atoms with van der Waals surface area (Å²) in [4.78, 5) is 24.4. The molecule has 0 saturated carbocycles. The van der Waals surface area contributed by atoms with Gasteiger partial charge in [0.1, 0.15) is 6.54 Å². The van der Waals surface area contributed by atoms with Crippen LogP contribution in [0.1, 0.15) is 25.8 Å². The van der Waals surface area contributed by atoms with Gasteiger partial charge in [-0.25, -0.2) is 0 Å². The molecule has 1 rings (SSSR count). The number of nitrogens with zero attached hydrogens (tertiary/aromatic N) is 1. The zero-order chi connectivity index (χ0) is 16.0. The van der Waals surface area contributed by atoms with Crippen LogP contribution < -0.4 is 0 Å². The van der Waals surface area contributed by atoms with Crippen LogP contribution in [-0.2, 0) is 16.0 Å². The molecule has 21 heavy (non-hydrogen) atoms. The van der Waals surface area contributed by atoms with Gasteiger partial charge in [0.15, 0.2) is 0 Å². The Morgan fingerprint density at radius 1 is 1.29 bits per heavy atom. The fourth-order valence-corrected chi connectivity index (χ4v) is 2.49. The van der Waals surface area contributed by atoms with Crippen LogP contribution in [0.25, 0.3) is 0 Å². The third-order valence-corrected chi connectivity index (χ3v) is 3.47. The first-order valence-corrected chi connectivity index (χ1v) is 7.48. The number of carboxylic acid groups (broad SMARTS) is 1. The number of hydrogen-bond acceptors (Lipinski definition) is 2. The van der Waals surface area contributed by atoms with Crippen molar-refractivity contribution in [3.8, 4) is 0 Å². The lowest BCUT2D eigenvalue weighted by Crippen LogP contribution is -2.38. The number of amides is 1. The molecule has 0 aliphatic heterocycles. The van der Waals surface area contributed by atoms with Gasteiger partial charge >= 0.3 is 5.97 Å². The molecule has 0 aliphatic rings. The summed E-state index contributed by atoms with van der Waals surface area (Å²) in [6, 6.07) is 5.13. The zero-order valence-corrected chi connectivity index (χ0v) is 13.6. The van der Waals surface area contributed by atoms with Gasteiger partial charge in [-0.2, -0.15) is 0 Å². The molecule has 0 heterocycles. The van der Waals surface area contributed by atoms with Gasteiger partial charge in [-0.3, -0.25) is 9.59 Å². The van der Waals surface area contributed by atoms with E-state index in [-0.39, 0.29) is 24.8 Å². The van der Waals surface area contributed by atoms with Gasteiger partial charge in [0.2, 0.25) is 5.91 Å². The van der Waals surface area contributed by atoms with Gasteiger partial charge < -0.3 is 10.0 Å². The van der Waals surface area contributed by atoms with Gasteiger partial charge in [0.25, 0.3) is 0 Å². The summed E-state index contributed by atoms with van der Waals surface area (Å²) in [5.74, 6) is -0.974. The fourth-order valence-electron chi connectivity index (χ4n) is 1.98. The Morgan fingerprint density at radius 3 is 2.48 bits per heavy atom. The van der Waals surface area contributed by atoms with E-state index in [1.54, 1.807) is 18.2 Å². The lowest BCUT2D eigenvalue weighted by Gasteiger charge is -2.22. The molecule has 0 unspecified atom stereocenters. The number of benzene rings is 1. The Labute approximate surface area is 134 Å². The smallest absolute Gasteiger partial charge is 0.323 e. The Morgan fingerprint density at radius 2 is 1.95 bits per heavy atom. The number of rotatable bonds is 7. The second kappa shape index (κ2) is 8.25. The molecule has 0 atom stereocenters. The summed E-state index contributed by atoms with van der Waals surface area (Å²) in [7, 11) is 0. The van der Waals surface area contributed by atoms with Gasteiger partial charge in [-0.1, -0.05) is 43.1 Å². The second-order valence-electron chi connectivity index (χ2n) is 5.30. The highest BCUT2D eigenvalue weighted by molar-refractivity contribution is 6.35. The molecule has 0 fully saturated rings. The standard InChI is InChI=1S/C15H19Cl2NO3/c1-10(2)8-18(9-15(20)21)14(19)6-4-11-3-5-12(16)7-13(11)17/h3,5,7,10H,4,6,8-9H2,1-2H3,(H,20,21). The lowest BCUT2D eigenvalue weighted by molar-refractivity contribution is -0.144. The van der Waals surface area contributed by atoms with Crippen LogP contribution in [0.15, 0.2) is 18.2 Å². The summed E-state index contributed by atoms with van der Waals surface area (Å²) in [5, 5.41) is 9.94. The van der Waals surface area contributed by atoms with Crippen LogP contribution >= 0.6 is 23.2 Å². The van der Waals surface area contributed by atoms with Crippen LogP contribution in [0, 0.1) is 5.92 Å². The topological polar surface area (TPSA) is 57.6 Å². The zero-order valence-electron chi connectivity index (χ0n) is 12.1. The Hall–Kier alpha value is -1.26. The number of carbonyl (C=O) groups is 2. The Bertz CT molecular complexity index is 518. The highest BCUT2D eigenvalue weighted by Gasteiger charge is 2.18. The first-order valence-electron chi connectivity index (χ1n) is 6.73. The minimum atomic E-state index is -1.01. The van der Waals surface area contributed by atoms with E-state index in [9.17, 15) is 9.59 Å². The second-order valence-corrected chi connectivity index (χ2v) is 6.14. The molecule has 0 spiro atoms. The van der Waals surface area contributed by atoms with Crippen molar-refractivity contribution in [1.82, 2.24) is 4.90 Å². The van der Waals surface area contributed by atoms with Crippen molar-refractivity contribution < 1.29 is 14.7 Å². The van der Waals surface area contributed by atoms with Crippen LogP contribution in [0.3, 0.4) is 0 Å². The number of carbonyl (C=O) groups excluding carboxylic acids is 1. The SMILES string of the molecule is CC(C)CN(CC(=O)O)C(=O)CCc1ccc(Cl)cc1Cl. The third kappa shape index (κ3) is 6.36. The van der Waals surface area contributed by atoms with Crippen molar-refractivity contribution in [2.45, 2.75) is 26.7 Å². The number of hydrogen-bond donors (Lipinski definition) is 1. The van der Waals surface area contributed by atoms with Gasteiger partial charge in [-0.15, -0.1) is 0 Å². The minimum absolute atomic E-state index is 0.183. The quantitative estimate of drug-likeness (QED) is 0.831. The molecule has 1 aromatic carbocycles. The van der Waals surface area contributed by atoms with Crippen LogP contribution in [0.4, 0.5) is 0 Å². The van der Waals surface area contributed by atoms with Crippen molar-refractivity contribution >= 4 is 35.1 Å². The van der Waals surface area contributed by atoms with Gasteiger partial charge in [-0.05, 0) is 30.0 Å². The van der Waals surface area contributed by atoms with Gasteiger partial charge in [0, 0.05) is 23.0 Å². The van der Waals surface area contributed by atoms with Crippen molar-refractivity contribution in [3.63, 3.8) is 0 Å².